The third-order valence-corrected chi connectivity index (χ3v) is 3.16. The number of halogens is 2. The molecule has 0 fully saturated rings. The molecule has 0 aliphatic carbocycles. The van der Waals surface area contributed by atoms with Crippen molar-refractivity contribution in [3.63, 3.8) is 0 Å². The van der Waals surface area contributed by atoms with E-state index in [2.05, 4.69) is 41.2 Å². The van der Waals surface area contributed by atoms with Gasteiger partial charge in [0.25, 0.3) is 0 Å². The zero-order valence-electron chi connectivity index (χ0n) is 8.98. The van der Waals surface area contributed by atoms with Crippen LogP contribution in [-0.4, -0.2) is 19.9 Å². The molecule has 3 rings (SSSR count). The van der Waals surface area contributed by atoms with Crippen LogP contribution in [0.1, 0.15) is 0 Å². The maximum Gasteiger partial charge on any atom is 0.224 e. The van der Waals surface area contributed by atoms with Crippen LogP contribution in [0.2, 0.25) is 5.28 Å². The van der Waals surface area contributed by atoms with E-state index in [1.54, 1.807) is 12.5 Å². The fourth-order valence-electron chi connectivity index (χ4n) is 1.58. The van der Waals surface area contributed by atoms with Crippen LogP contribution in [0.15, 0.2) is 35.2 Å². The number of imidazole rings is 1. The molecule has 0 radical (unpaired) electrons. The average Bonchev–Trinajstić information content (AvgIpc) is 2.81. The van der Waals surface area contributed by atoms with Crippen LogP contribution < -0.4 is 5.32 Å². The van der Waals surface area contributed by atoms with Gasteiger partial charge in [-0.1, -0.05) is 0 Å². The number of nitrogens with zero attached hydrogens (tertiary/aromatic N) is 3. The average molecular weight is 325 g/mol. The fourth-order valence-corrected chi connectivity index (χ4v) is 2.00. The zero-order chi connectivity index (χ0) is 12.5. The van der Waals surface area contributed by atoms with Gasteiger partial charge in [0.05, 0.1) is 21.8 Å². The molecule has 0 aliphatic heterocycles. The number of aromatic amines is 1. The number of rotatable bonds is 2. The number of nitrogens with one attached hydrogen (secondary N) is 2. The van der Waals surface area contributed by atoms with Crippen LogP contribution in [0.4, 0.5) is 11.5 Å². The largest absolute Gasteiger partial charge is 0.345 e. The Morgan fingerprint density at radius 1 is 1.28 bits per heavy atom. The molecular formula is C11H7BrClN5. The van der Waals surface area contributed by atoms with E-state index in [0.29, 0.717) is 5.82 Å². The molecule has 0 saturated heterocycles. The highest BCUT2D eigenvalue weighted by molar-refractivity contribution is 9.10. The summed E-state index contributed by atoms with van der Waals surface area (Å²) in [6.45, 7) is 0. The van der Waals surface area contributed by atoms with Crippen LogP contribution in [0, 0.1) is 0 Å². The molecule has 0 saturated carbocycles. The van der Waals surface area contributed by atoms with Gasteiger partial charge >= 0.3 is 0 Å². The molecule has 0 spiro atoms. The predicted octanol–water partition coefficient (Wildman–Crippen LogP) is 3.51. The molecule has 18 heavy (non-hydrogen) atoms. The minimum absolute atomic E-state index is 0.196. The van der Waals surface area contributed by atoms with E-state index >= 15 is 0 Å². The molecule has 0 aliphatic rings. The van der Waals surface area contributed by atoms with Crippen molar-refractivity contribution < 1.29 is 0 Å². The first kappa shape index (κ1) is 11.4. The molecule has 7 heteroatoms. The SMILES string of the molecule is Clc1ncc(Br)c(Nc2ccc3[nH]cnc3c2)n1. The first-order valence-electron chi connectivity index (χ1n) is 5.10. The van der Waals surface area contributed by atoms with Crippen molar-refractivity contribution in [3.05, 3.63) is 40.5 Å². The summed E-state index contributed by atoms with van der Waals surface area (Å²) in [5.74, 6) is 0.616. The number of H-pyrrole nitrogens is 1. The molecule has 2 N–H and O–H groups in total. The number of aromatic nitrogens is 4. The lowest BCUT2D eigenvalue weighted by Crippen LogP contribution is -1.96. The molecule has 1 aromatic carbocycles. The standard InChI is InChI=1S/C11H7BrClN5/c12-7-4-14-11(13)18-10(7)17-6-1-2-8-9(3-6)16-5-15-8/h1-5H,(H,15,16)(H,14,17,18). The molecule has 2 heterocycles. The maximum absolute atomic E-state index is 5.76. The second kappa shape index (κ2) is 4.55. The van der Waals surface area contributed by atoms with Crippen LogP contribution >= 0.6 is 27.5 Å². The van der Waals surface area contributed by atoms with E-state index in [0.717, 1.165) is 21.2 Å². The molecule has 5 nitrogen and oxygen atoms in total. The number of hydrogen-bond donors (Lipinski definition) is 2. The van der Waals surface area contributed by atoms with E-state index < -0.39 is 0 Å². The van der Waals surface area contributed by atoms with Crippen LogP contribution in [0.25, 0.3) is 11.0 Å². The monoisotopic (exact) mass is 323 g/mol. The highest BCUT2D eigenvalue weighted by Gasteiger charge is 2.05. The van der Waals surface area contributed by atoms with Gasteiger partial charge in [0.2, 0.25) is 5.28 Å². The second-order valence-corrected chi connectivity index (χ2v) is 4.79. The molecule has 0 bridgehead atoms. The van der Waals surface area contributed by atoms with Crippen molar-refractivity contribution in [1.29, 1.82) is 0 Å². The number of hydrogen-bond acceptors (Lipinski definition) is 4. The summed E-state index contributed by atoms with van der Waals surface area (Å²) >= 11 is 9.12. The Balaban J connectivity index is 1.97. The van der Waals surface area contributed by atoms with Gasteiger partial charge in [0, 0.05) is 11.9 Å². The van der Waals surface area contributed by atoms with Crippen molar-refractivity contribution in [1.82, 2.24) is 19.9 Å². The second-order valence-electron chi connectivity index (χ2n) is 3.60. The Labute approximate surface area is 116 Å². The Morgan fingerprint density at radius 2 is 2.17 bits per heavy atom. The van der Waals surface area contributed by atoms with E-state index in [9.17, 15) is 0 Å². The van der Waals surface area contributed by atoms with E-state index in [1.165, 1.54) is 0 Å². The summed E-state index contributed by atoms with van der Waals surface area (Å²) in [7, 11) is 0. The number of benzene rings is 1. The maximum atomic E-state index is 5.76. The topological polar surface area (TPSA) is 66.5 Å². The molecule has 0 amide bonds. The van der Waals surface area contributed by atoms with E-state index in [1.807, 2.05) is 18.2 Å². The van der Waals surface area contributed by atoms with Gasteiger partial charge in [-0.25, -0.2) is 9.97 Å². The lowest BCUT2D eigenvalue weighted by atomic mass is 10.3. The van der Waals surface area contributed by atoms with Crippen molar-refractivity contribution in [2.45, 2.75) is 0 Å². The minimum atomic E-state index is 0.196. The van der Waals surface area contributed by atoms with Gasteiger partial charge in [-0.2, -0.15) is 4.98 Å². The van der Waals surface area contributed by atoms with Gasteiger partial charge in [-0.05, 0) is 45.7 Å². The lowest BCUT2D eigenvalue weighted by Gasteiger charge is -2.07. The Bertz CT molecular complexity index is 711. The molecule has 0 unspecified atom stereocenters. The van der Waals surface area contributed by atoms with Gasteiger partial charge < -0.3 is 10.3 Å². The van der Waals surface area contributed by atoms with Crippen molar-refractivity contribution >= 4 is 50.1 Å². The summed E-state index contributed by atoms with van der Waals surface area (Å²) in [6.07, 6.45) is 3.26. The summed E-state index contributed by atoms with van der Waals surface area (Å²) in [5.41, 5.74) is 2.75. The highest BCUT2D eigenvalue weighted by atomic mass is 79.9. The van der Waals surface area contributed by atoms with Crippen LogP contribution in [0.5, 0.6) is 0 Å². The van der Waals surface area contributed by atoms with Crippen molar-refractivity contribution in [2.75, 3.05) is 5.32 Å². The Morgan fingerprint density at radius 3 is 3.06 bits per heavy atom. The first-order chi connectivity index (χ1) is 8.72. The van der Waals surface area contributed by atoms with Gasteiger partial charge in [-0.3, -0.25) is 0 Å². The highest BCUT2D eigenvalue weighted by Crippen LogP contribution is 2.25. The van der Waals surface area contributed by atoms with Crippen LogP contribution in [0.3, 0.4) is 0 Å². The fraction of sp³-hybridized carbons (Fsp3) is 0. The number of anilines is 2. The quantitative estimate of drug-likeness (QED) is 0.708. The van der Waals surface area contributed by atoms with Gasteiger partial charge in [0.1, 0.15) is 5.82 Å². The molecule has 0 atom stereocenters. The predicted molar refractivity (Wildman–Crippen MR) is 74.1 cm³/mol. The summed E-state index contributed by atoms with van der Waals surface area (Å²) in [6, 6.07) is 5.80. The third kappa shape index (κ3) is 2.16. The van der Waals surface area contributed by atoms with Crippen LogP contribution in [-0.2, 0) is 0 Å². The lowest BCUT2D eigenvalue weighted by molar-refractivity contribution is 1.15. The van der Waals surface area contributed by atoms with Gasteiger partial charge in [-0.15, -0.1) is 0 Å². The summed E-state index contributed by atoms with van der Waals surface area (Å²) in [5, 5.41) is 3.35. The summed E-state index contributed by atoms with van der Waals surface area (Å²) in [4.78, 5) is 15.2. The molecular weight excluding hydrogens is 318 g/mol. The molecule has 90 valence electrons. The van der Waals surface area contributed by atoms with Crippen molar-refractivity contribution in [2.24, 2.45) is 0 Å². The third-order valence-electron chi connectivity index (χ3n) is 2.40. The Hall–Kier alpha value is -1.66. The number of fused-ring (bicyclic) bond motifs is 1. The zero-order valence-corrected chi connectivity index (χ0v) is 11.3. The summed E-state index contributed by atoms with van der Waals surface area (Å²) < 4.78 is 0.744. The first-order valence-corrected chi connectivity index (χ1v) is 6.28. The molecule has 2 aromatic heterocycles. The van der Waals surface area contributed by atoms with Gasteiger partial charge in [0.15, 0.2) is 0 Å². The van der Waals surface area contributed by atoms with Crippen molar-refractivity contribution in [3.8, 4) is 0 Å². The minimum Gasteiger partial charge on any atom is -0.345 e. The Kier molecular flexibility index (Phi) is 2.89. The molecule has 3 aromatic rings. The smallest absolute Gasteiger partial charge is 0.224 e. The van der Waals surface area contributed by atoms with E-state index in [4.69, 9.17) is 11.6 Å². The van der Waals surface area contributed by atoms with E-state index in [-0.39, 0.29) is 5.28 Å². The normalized spacial score (nSPS) is 10.8.